The van der Waals surface area contributed by atoms with E-state index in [9.17, 15) is 66.1 Å². The number of carbonyl (C=O) groups excluding carboxylic acids is 1. The molecule has 0 amide bonds. The molecule has 19 nitrogen and oxygen atoms in total. The molecule has 0 aromatic heterocycles. The summed E-state index contributed by atoms with van der Waals surface area (Å²) in [4.78, 5) is 13.5. The summed E-state index contributed by atoms with van der Waals surface area (Å²) in [6.07, 6.45) is -25.3. The van der Waals surface area contributed by atoms with Crippen LogP contribution in [0.25, 0.3) is 0 Å². The summed E-state index contributed by atoms with van der Waals surface area (Å²) in [6, 6.07) is 0. The molecular weight excluding hydrogens is 712 g/mol. The maximum Gasteiger partial charge on any atom is 0.309 e. The monoisotopic (exact) mass is 768 g/mol. The average molecular weight is 769 g/mol. The number of ether oxygens (including phenoxy) is 6. The molecule has 306 valence electrons. The predicted molar refractivity (Wildman–Crippen MR) is 172 cm³/mol. The van der Waals surface area contributed by atoms with Gasteiger partial charge in [-0.25, -0.2) is 0 Å². The number of carbonyl (C=O) groups is 1. The van der Waals surface area contributed by atoms with Crippen molar-refractivity contribution in [3.05, 3.63) is 0 Å². The van der Waals surface area contributed by atoms with Crippen LogP contribution in [-0.4, -0.2) is 196 Å². The Balaban J connectivity index is 1.25. The van der Waals surface area contributed by atoms with Gasteiger partial charge in [0.05, 0.1) is 73.6 Å². The number of hydrogen-bond acceptors (Lipinski definition) is 19. The second kappa shape index (κ2) is 17.1. The van der Waals surface area contributed by atoms with Crippen molar-refractivity contribution in [2.45, 2.75) is 181 Å². The van der Waals surface area contributed by atoms with Crippen molar-refractivity contribution in [1.29, 1.82) is 0 Å². The lowest BCUT2D eigenvalue weighted by molar-refractivity contribution is -0.347. The lowest BCUT2D eigenvalue weighted by atomic mass is 9.72. The highest BCUT2D eigenvalue weighted by Crippen LogP contribution is 2.44. The largest absolute Gasteiger partial charge is 0.454 e. The van der Waals surface area contributed by atoms with E-state index in [0.29, 0.717) is 6.42 Å². The van der Waals surface area contributed by atoms with Gasteiger partial charge in [-0.1, -0.05) is 0 Å². The van der Waals surface area contributed by atoms with Crippen molar-refractivity contribution in [2.75, 3.05) is 6.61 Å². The van der Waals surface area contributed by atoms with E-state index in [1.54, 1.807) is 0 Å². The van der Waals surface area contributed by atoms with Crippen LogP contribution in [-0.2, 0) is 33.2 Å². The third-order valence-electron chi connectivity index (χ3n) is 12.1. The third kappa shape index (κ3) is 8.86. The first-order valence-corrected chi connectivity index (χ1v) is 18.6. The van der Waals surface area contributed by atoms with Crippen LogP contribution >= 0.6 is 0 Å². The molecule has 11 unspecified atom stereocenters. The van der Waals surface area contributed by atoms with E-state index < -0.39 is 147 Å². The Bertz CT molecular complexity index is 1200. The van der Waals surface area contributed by atoms with Crippen LogP contribution in [0.15, 0.2) is 0 Å². The van der Waals surface area contributed by atoms with Crippen molar-refractivity contribution >= 4 is 5.97 Å². The van der Waals surface area contributed by atoms with Gasteiger partial charge in [0.2, 0.25) is 0 Å². The molecule has 6 fully saturated rings. The molecule has 0 spiro atoms. The Morgan fingerprint density at radius 3 is 2.00 bits per heavy atom. The van der Waals surface area contributed by atoms with Crippen molar-refractivity contribution in [3.63, 3.8) is 0 Å². The number of aliphatic hydroxyl groups excluding tert-OH is 12. The lowest BCUT2D eigenvalue weighted by Crippen LogP contribution is -2.64. The minimum atomic E-state index is -1.89. The van der Waals surface area contributed by atoms with Gasteiger partial charge in [0.15, 0.2) is 18.7 Å². The normalized spacial score (nSPS) is 53.8. The molecule has 21 atom stereocenters. The molecule has 0 aromatic carbocycles. The van der Waals surface area contributed by atoms with E-state index in [1.165, 1.54) is 6.92 Å². The molecule has 3 heterocycles. The zero-order valence-corrected chi connectivity index (χ0v) is 29.4. The van der Waals surface area contributed by atoms with E-state index in [-0.39, 0.29) is 50.9 Å². The minimum absolute atomic E-state index is 0.0912. The Labute approximate surface area is 305 Å². The molecule has 0 bridgehead atoms. The molecule has 3 aliphatic heterocycles. The number of fused-ring (bicyclic) bond motifs is 1. The van der Waals surface area contributed by atoms with E-state index in [0.717, 1.165) is 0 Å². The number of hydrogen-bond donors (Lipinski definition) is 12. The Kier molecular flexibility index (Phi) is 13.4. The van der Waals surface area contributed by atoms with Crippen LogP contribution in [0.1, 0.15) is 58.3 Å². The second-order valence-corrected chi connectivity index (χ2v) is 15.8. The molecule has 3 saturated carbocycles. The Hall–Kier alpha value is -1.21. The van der Waals surface area contributed by atoms with Gasteiger partial charge in [0.25, 0.3) is 0 Å². The predicted octanol–water partition coefficient (Wildman–Crippen LogP) is -5.12. The highest BCUT2D eigenvalue weighted by atomic mass is 16.7. The molecule has 3 saturated heterocycles. The van der Waals surface area contributed by atoms with Crippen LogP contribution in [0.5, 0.6) is 0 Å². The molecule has 19 heteroatoms. The molecule has 3 aliphatic carbocycles. The molecular formula is C34H56O19. The summed E-state index contributed by atoms with van der Waals surface area (Å²) >= 11 is 0. The van der Waals surface area contributed by atoms with Crippen molar-refractivity contribution in [1.82, 2.24) is 0 Å². The second-order valence-electron chi connectivity index (χ2n) is 15.8. The highest BCUT2D eigenvalue weighted by molar-refractivity contribution is 5.73. The van der Waals surface area contributed by atoms with Gasteiger partial charge in [0.1, 0.15) is 42.7 Å². The fourth-order valence-electron chi connectivity index (χ4n) is 8.83. The van der Waals surface area contributed by atoms with E-state index in [4.69, 9.17) is 28.4 Å². The number of aliphatic hydroxyl groups is 12. The van der Waals surface area contributed by atoms with Gasteiger partial charge in [-0.05, 0) is 64.2 Å². The van der Waals surface area contributed by atoms with Crippen LogP contribution in [0.3, 0.4) is 0 Å². The summed E-state index contributed by atoms with van der Waals surface area (Å²) in [6.45, 7) is 0.885. The zero-order valence-electron chi connectivity index (χ0n) is 29.4. The summed E-state index contributed by atoms with van der Waals surface area (Å²) < 4.78 is 35.9. The topological polar surface area (TPSA) is 315 Å². The maximum absolute atomic E-state index is 13.5. The first-order chi connectivity index (χ1) is 25.0. The van der Waals surface area contributed by atoms with Gasteiger partial charge in [-0.3, -0.25) is 4.79 Å². The summed E-state index contributed by atoms with van der Waals surface area (Å²) in [5, 5.41) is 126. The number of rotatable bonds is 8. The lowest BCUT2D eigenvalue weighted by Gasteiger charge is -2.51. The quantitative estimate of drug-likeness (QED) is 0.103. The van der Waals surface area contributed by atoms with E-state index in [2.05, 4.69) is 0 Å². The van der Waals surface area contributed by atoms with Gasteiger partial charge in [-0.2, -0.15) is 0 Å². The summed E-state index contributed by atoms with van der Waals surface area (Å²) in [5.41, 5.74) is 0. The number of esters is 1. The van der Waals surface area contributed by atoms with Crippen LogP contribution in [0, 0.1) is 17.8 Å². The van der Waals surface area contributed by atoms with Crippen LogP contribution in [0.4, 0.5) is 0 Å². The van der Waals surface area contributed by atoms with Gasteiger partial charge in [0, 0.05) is 5.92 Å². The van der Waals surface area contributed by atoms with Gasteiger partial charge < -0.3 is 89.7 Å². The fraction of sp³-hybridized carbons (Fsp3) is 0.971. The van der Waals surface area contributed by atoms with Crippen molar-refractivity contribution < 1.29 is 94.5 Å². The van der Waals surface area contributed by atoms with Crippen LogP contribution in [0.2, 0.25) is 0 Å². The van der Waals surface area contributed by atoms with E-state index in [1.807, 2.05) is 0 Å². The Morgan fingerprint density at radius 2 is 1.32 bits per heavy atom. The Morgan fingerprint density at radius 1 is 0.623 bits per heavy atom. The zero-order chi connectivity index (χ0) is 38.5. The average Bonchev–Trinajstić information content (AvgIpc) is 3.11. The summed E-state index contributed by atoms with van der Waals surface area (Å²) in [5.74, 6) is -2.99. The van der Waals surface area contributed by atoms with Crippen molar-refractivity contribution in [2.24, 2.45) is 17.8 Å². The minimum Gasteiger partial charge on any atom is -0.454 e. The highest BCUT2D eigenvalue weighted by Gasteiger charge is 2.54. The first kappa shape index (κ1) is 41.4. The third-order valence-corrected chi connectivity index (χ3v) is 12.1. The molecule has 6 rings (SSSR count). The first-order valence-electron chi connectivity index (χ1n) is 18.6. The molecule has 53 heavy (non-hydrogen) atoms. The molecule has 0 aromatic rings. The van der Waals surface area contributed by atoms with Gasteiger partial charge in [-0.15, -0.1) is 0 Å². The fourth-order valence-corrected chi connectivity index (χ4v) is 8.83. The van der Waals surface area contributed by atoms with Crippen LogP contribution < -0.4 is 0 Å². The molecule has 6 aliphatic rings. The standard InChI is InChI=1S/C34H56O19/c1-11-24(41)27(44)29(46)33(49-11)48-10-23-26(43)28(45)31(53-32(47)13-5-19(39)25(42)20(40)6-13)34(52-23)51-22-9-15-17(37)7-14(35)8-21(15)50-30(22)12-2-3-16(36)18(38)4-12/h11-31,33-46H,2-10H2,1H3/t11-,12?,13?,14?,15?,16?,17?,18?,19?,20?,21?,22?,23+,24-,25?,26+,27+,28-,29+,30?,31+,33+,34+/m0/s1. The van der Waals surface area contributed by atoms with Crippen molar-refractivity contribution in [3.8, 4) is 0 Å². The smallest absolute Gasteiger partial charge is 0.309 e. The van der Waals surface area contributed by atoms with E-state index >= 15 is 0 Å². The molecule has 0 radical (unpaired) electrons. The maximum atomic E-state index is 13.5. The SMILES string of the molecule is C[C@@H]1O[C@@H](OC[C@H]2O[C@@H](OC3CC4C(O)CC(O)CC4OC3C3CCC(O)C(O)C3)[C@H](OC(=O)C3CC(O)C(O)C(O)C3)[C@@H](O)[C@@H]2O)[C@H](O)[C@H](O)[C@H]1O. The molecule has 12 N–H and O–H groups in total. The van der Waals surface area contributed by atoms with Gasteiger partial charge >= 0.3 is 5.97 Å². The summed E-state index contributed by atoms with van der Waals surface area (Å²) in [7, 11) is 0.